The summed E-state index contributed by atoms with van der Waals surface area (Å²) in [4.78, 5) is 22.2. The molecule has 0 fully saturated rings. The Kier molecular flexibility index (Phi) is 5.85. The van der Waals surface area contributed by atoms with Crippen LogP contribution in [0.4, 0.5) is 0 Å². The molecule has 0 bridgehead atoms. The molecule has 0 aliphatic carbocycles. The van der Waals surface area contributed by atoms with Crippen LogP contribution in [0.3, 0.4) is 0 Å². The number of ketones is 1. The van der Waals surface area contributed by atoms with Gasteiger partial charge in [-0.1, -0.05) is 35.3 Å². The molecule has 1 rings (SSSR count). The maximum Gasteiger partial charge on any atom is 0.329 e. The summed E-state index contributed by atoms with van der Waals surface area (Å²) in [6.45, 7) is 1.27. The molecule has 0 spiro atoms. The van der Waals surface area contributed by atoms with Gasteiger partial charge in [0.05, 0.1) is 10.0 Å². The molecule has 0 aliphatic rings. The topological polar surface area (TPSA) is 54.4 Å². The minimum absolute atomic E-state index is 0.0109. The number of Topliss-reactive ketones (excluding diaryl/α,β-unsaturated/α-hetero) is 1. The Bertz CT molecular complexity index is 550. The Morgan fingerprint density at radius 2 is 1.89 bits per heavy atom. The van der Waals surface area contributed by atoms with Crippen LogP contribution in [0.1, 0.15) is 18.1 Å². The highest BCUT2D eigenvalue weighted by Gasteiger charge is 2.16. The van der Waals surface area contributed by atoms with Gasteiger partial charge < -0.3 is 5.11 Å². The molecule has 0 saturated carbocycles. The summed E-state index contributed by atoms with van der Waals surface area (Å²) in [5, 5.41) is 9.22. The molecule has 1 aromatic rings. The highest BCUT2D eigenvalue weighted by molar-refractivity contribution is 6.44. The van der Waals surface area contributed by atoms with E-state index in [9.17, 15) is 9.59 Å². The molecule has 1 N–H and O–H groups in total. The molecular weight excluding hydrogens is 310 g/mol. The van der Waals surface area contributed by atoms with Crippen molar-refractivity contribution in [3.05, 3.63) is 39.4 Å². The fourth-order valence-electron chi connectivity index (χ4n) is 1.58. The number of alkyl halides is 1. The first-order valence-electron chi connectivity index (χ1n) is 5.37. The van der Waals surface area contributed by atoms with Crippen molar-refractivity contribution in [3.63, 3.8) is 0 Å². The molecule has 102 valence electrons. The largest absolute Gasteiger partial charge is 0.478 e. The van der Waals surface area contributed by atoms with E-state index in [2.05, 4.69) is 0 Å². The smallest absolute Gasteiger partial charge is 0.329 e. The fraction of sp³-hybridized carbons (Fsp3) is 0.231. The van der Waals surface area contributed by atoms with Crippen LogP contribution in [0.15, 0.2) is 18.2 Å². The minimum Gasteiger partial charge on any atom is -0.478 e. The van der Waals surface area contributed by atoms with E-state index in [1.54, 1.807) is 12.1 Å². The number of aliphatic carboxylic acids is 1. The normalized spacial score (nSPS) is 11.5. The van der Waals surface area contributed by atoms with E-state index >= 15 is 0 Å². The molecule has 0 radical (unpaired) electrons. The van der Waals surface area contributed by atoms with Crippen LogP contribution < -0.4 is 0 Å². The summed E-state index contributed by atoms with van der Waals surface area (Å²) in [6, 6.07) is 3.26. The highest BCUT2D eigenvalue weighted by Crippen LogP contribution is 2.34. The standard InChI is InChI=1S/C13H11Cl3O3/c1-7(17)10(6-11(18)19)9-3-2-8(4-5-14)12(15)13(9)16/h2-3,6H,4-5H2,1H3,(H,18,19). The summed E-state index contributed by atoms with van der Waals surface area (Å²) >= 11 is 17.8. The van der Waals surface area contributed by atoms with Gasteiger partial charge in [-0.05, 0) is 18.9 Å². The lowest BCUT2D eigenvalue weighted by molar-refractivity contribution is -0.131. The van der Waals surface area contributed by atoms with E-state index in [4.69, 9.17) is 39.9 Å². The predicted molar refractivity (Wildman–Crippen MR) is 77.2 cm³/mol. The number of hydrogen-bond donors (Lipinski definition) is 1. The minimum atomic E-state index is -1.22. The lowest BCUT2D eigenvalue weighted by Crippen LogP contribution is -2.02. The van der Waals surface area contributed by atoms with E-state index in [-0.39, 0.29) is 15.6 Å². The summed E-state index contributed by atoms with van der Waals surface area (Å²) in [5.41, 5.74) is 1.07. The van der Waals surface area contributed by atoms with Gasteiger partial charge in [-0.15, -0.1) is 11.6 Å². The Hall–Kier alpha value is -1.03. The number of benzene rings is 1. The van der Waals surface area contributed by atoms with Crippen molar-refractivity contribution in [1.82, 2.24) is 0 Å². The van der Waals surface area contributed by atoms with Crippen molar-refractivity contribution in [2.75, 3.05) is 5.88 Å². The van der Waals surface area contributed by atoms with E-state index < -0.39 is 11.8 Å². The van der Waals surface area contributed by atoms with Crippen LogP contribution in [-0.4, -0.2) is 22.7 Å². The molecule has 1 aromatic carbocycles. The van der Waals surface area contributed by atoms with Crippen molar-refractivity contribution in [1.29, 1.82) is 0 Å². The quantitative estimate of drug-likeness (QED) is 0.662. The van der Waals surface area contributed by atoms with E-state index in [1.807, 2.05) is 0 Å². The van der Waals surface area contributed by atoms with Crippen molar-refractivity contribution in [2.24, 2.45) is 0 Å². The molecule has 0 aliphatic heterocycles. The second kappa shape index (κ2) is 6.94. The molecular formula is C13H11Cl3O3. The predicted octanol–water partition coefficient (Wildman–Crippen LogP) is 3.83. The monoisotopic (exact) mass is 320 g/mol. The number of halogens is 3. The number of carbonyl (C=O) groups excluding carboxylic acids is 1. The van der Waals surface area contributed by atoms with Gasteiger partial charge in [-0.25, -0.2) is 4.79 Å². The van der Waals surface area contributed by atoms with Gasteiger partial charge in [0, 0.05) is 23.1 Å². The van der Waals surface area contributed by atoms with Gasteiger partial charge in [-0.3, -0.25) is 4.79 Å². The Balaban J connectivity index is 3.38. The zero-order valence-corrected chi connectivity index (χ0v) is 12.3. The van der Waals surface area contributed by atoms with Crippen LogP contribution in [0.2, 0.25) is 10.0 Å². The van der Waals surface area contributed by atoms with Crippen LogP contribution in [0.25, 0.3) is 5.57 Å². The number of rotatable bonds is 5. The highest BCUT2D eigenvalue weighted by atomic mass is 35.5. The van der Waals surface area contributed by atoms with Crippen molar-refractivity contribution < 1.29 is 14.7 Å². The first-order chi connectivity index (χ1) is 8.88. The average molecular weight is 322 g/mol. The van der Waals surface area contributed by atoms with Crippen LogP contribution in [0, 0.1) is 0 Å². The van der Waals surface area contributed by atoms with Crippen molar-refractivity contribution >= 4 is 52.1 Å². The Morgan fingerprint density at radius 3 is 2.37 bits per heavy atom. The van der Waals surface area contributed by atoms with Gasteiger partial charge in [0.2, 0.25) is 0 Å². The summed E-state index contributed by atoms with van der Waals surface area (Å²) in [6.07, 6.45) is 1.36. The second-order valence-corrected chi connectivity index (χ2v) is 4.93. The van der Waals surface area contributed by atoms with Crippen LogP contribution in [-0.2, 0) is 16.0 Å². The summed E-state index contributed by atoms with van der Waals surface area (Å²) < 4.78 is 0. The zero-order chi connectivity index (χ0) is 14.6. The second-order valence-electron chi connectivity index (χ2n) is 3.79. The Labute approximate surface area is 125 Å². The lowest BCUT2D eigenvalue weighted by atomic mass is 9.99. The molecule has 6 heteroatoms. The van der Waals surface area contributed by atoms with Crippen molar-refractivity contribution in [2.45, 2.75) is 13.3 Å². The van der Waals surface area contributed by atoms with Crippen LogP contribution in [0.5, 0.6) is 0 Å². The molecule has 0 amide bonds. The maximum atomic E-state index is 11.5. The average Bonchev–Trinajstić information content (AvgIpc) is 2.33. The molecule has 0 aromatic heterocycles. The first kappa shape index (κ1) is 16.0. The van der Waals surface area contributed by atoms with E-state index in [0.29, 0.717) is 17.9 Å². The number of carboxylic acids is 1. The third kappa shape index (κ3) is 3.96. The number of carbonyl (C=O) groups is 2. The van der Waals surface area contributed by atoms with E-state index in [0.717, 1.165) is 11.6 Å². The third-order valence-corrected chi connectivity index (χ3v) is 3.57. The molecule has 19 heavy (non-hydrogen) atoms. The van der Waals surface area contributed by atoms with Crippen molar-refractivity contribution in [3.8, 4) is 0 Å². The van der Waals surface area contributed by atoms with Gasteiger partial charge in [0.25, 0.3) is 0 Å². The fourth-order valence-corrected chi connectivity index (χ4v) is 2.33. The van der Waals surface area contributed by atoms with E-state index in [1.165, 1.54) is 6.92 Å². The van der Waals surface area contributed by atoms with Gasteiger partial charge in [0.15, 0.2) is 5.78 Å². The number of carboxylic acid groups (broad SMARTS) is 1. The first-order valence-corrected chi connectivity index (χ1v) is 6.66. The molecule has 0 heterocycles. The number of allylic oxidation sites excluding steroid dienone is 1. The van der Waals surface area contributed by atoms with Crippen LogP contribution >= 0.6 is 34.8 Å². The Morgan fingerprint density at radius 1 is 1.26 bits per heavy atom. The third-order valence-electron chi connectivity index (χ3n) is 2.46. The summed E-state index contributed by atoms with van der Waals surface area (Å²) in [7, 11) is 0. The maximum absolute atomic E-state index is 11.5. The van der Waals surface area contributed by atoms with Gasteiger partial charge in [-0.2, -0.15) is 0 Å². The number of hydrogen-bond acceptors (Lipinski definition) is 2. The van der Waals surface area contributed by atoms with Gasteiger partial charge in [0.1, 0.15) is 0 Å². The molecule has 0 unspecified atom stereocenters. The molecule has 0 saturated heterocycles. The molecule has 0 atom stereocenters. The zero-order valence-electron chi connectivity index (χ0n) is 10.0. The summed E-state index contributed by atoms with van der Waals surface area (Å²) in [5.74, 6) is -1.23. The van der Waals surface area contributed by atoms with Gasteiger partial charge >= 0.3 is 5.97 Å². The lowest BCUT2D eigenvalue weighted by Gasteiger charge is -2.11. The molecule has 3 nitrogen and oxygen atoms in total. The SMILES string of the molecule is CC(=O)C(=CC(=O)O)c1ccc(CCCl)c(Cl)c1Cl. The number of aryl methyl sites for hydroxylation is 1.